The number of rotatable bonds is 4. The van der Waals surface area contributed by atoms with E-state index in [1.807, 2.05) is 46.8 Å². The number of carbonyl (C=O) groups excluding carboxylic acids is 1. The van der Waals surface area contributed by atoms with Gasteiger partial charge in [-0.15, -0.1) is 12.4 Å². The third kappa shape index (κ3) is 10.2. The Morgan fingerprint density at radius 2 is 1.42 bits per heavy atom. The summed E-state index contributed by atoms with van der Waals surface area (Å²) >= 11 is 0. The molecule has 180 valence electrons. The maximum atomic E-state index is 11.6. The SMILES string of the molecule is C.Cc1nc(N)c(C#N)cc1CCC(=O)OC(C)(C)C.Cc1nc(N)c(C#N)cc1CN.Cl. The van der Waals surface area contributed by atoms with Gasteiger partial charge in [-0.25, -0.2) is 9.97 Å². The minimum absolute atomic E-state index is 0. The van der Waals surface area contributed by atoms with Crippen LogP contribution in [0.4, 0.5) is 11.6 Å². The van der Waals surface area contributed by atoms with E-state index in [1.54, 1.807) is 12.1 Å². The van der Waals surface area contributed by atoms with E-state index in [0.29, 0.717) is 24.1 Å². The molecule has 0 amide bonds. The number of aryl methyl sites for hydroxylation is 3. The first-order valence-corrected chi connectivity index (χ1v) is 9.65. The topological polar surface area (TPSA) is 178 Å². The van der Waals surface area contributed by atoms with Crippen molar-refractivity contribution < 1.29 is 9.53 Å². The lowest BCUT2D eigenvalue weighted by molar-refractivity contribution is -0.154. The van der Waals surface area contributed by atoms with Gasteiger partial charge in [-0.3, -0.25) is 4.79 Å². The normalized spacial score (nSPS) is 9.70. The summed E-state index contributed by atoms with van der Waals surface area (Å²) in [6.07, 6.45) is 0.747. The Kier molecular flexibility index (Phi) is 13.4. The summed E-state index contributed by atoms with van der Waals surface area (Å²) in [6.45, 7) is 9.49. The van der Waals surface area contributed by atoms with Crippen LogP contribution in [0.2, 0.25) is 0 Å². The standard InChI is InChI=1S/C14H19N3O2.C8H10N4.CH4.ClH/c1-9-10(7-11(8-15)13(16)17-9)5-6-12(18)19-14(2,3)4;1-5-6(3-9)2-7(4-10)8(11)12-5;;/h7H,5-6H2,1-4H3,(H2,16,17);2H,3,9H2,1H3,(H2,11,12);1H4;1H. The lowest BCUT2D eigenvalue weighted by atomic mass is 10.1. The van der Waals surface area contributed by atoms with E-state index in [9.17, 15) is 4.79 Å². The molecular formula is C23H34ClN7O2. The molecule has 0 aliphatic rings. The molecule has 0 aliphatic carbocycles. The van der Waals surface area contributed by atoms with Crippen LogP contribution in [-0.2, 0) is 22.5 Å². The molecular weight excluding hydrogens is 442 g/mol. The number of nitrogens with zero attached hydrogens (tertiary/aromatic N) is 4. The van der Waals surface area contributed by atoms with Crippen molar-refractivity contribution in [2.45, 2.75) is 67.0 Å². The van der Waals surface area contributed by atoms with Crippen molar-refractivity contribution in [1.82, 2.24) is 9.97 Å². The van der Waals surface area contributed by atoms with E-state index in [1.165, 1.54) is 0 Å². The van der Waals surface area contributed by atoms with E-state index >= 15 is 0 Å². The average Bonchev–Trinajstić information content (AvgIpc) is 2.67. The molecule has 9 nitrogen and oxygen atoms in total. The predicted molar refractivity (Wildman–Crippen MR) is 132 cm³/mol. The van der Waals surface area contributed by atoms with Crippen molar-refractivity contribution in [2.75, 3.05) is 11.5 Å². The summed E-state index contributed by atoms with van der Waals surface area (Å²) in [5, 5.41) is 17.5. The summed E-state index contributed by atoms with van der Waals surface area (Å²) in [7, 11) is 0. The molecule has 33 heavy (non-hydrogen) atoms. The molecule has 0 atom stereocenters. The molecule has 6 N–H and O–H groups in total. The van der Waals surface area contributed by atoms with Crippen molar-refractivity contribution in [3.63, 3.8) is 0 Å². The van der Waals surface area contributed by atoms with Gasteiger partial charge in [0.2, 0.25) is 0 Å². The van der Waals surface area contributed by atoms with E-state index in [-0.39, 0.29) is 43.9 Å². The average molecular weight is 476 g/mol. The Hall–Kier alpha value is -3.40. The molecule has 0 radical (unpaired) electrons. The highest BCUT2D eigenvalue weighted by Crippen LogP contribution is 2.17. The largest absolute Gasteiger partial charge is 0.460 e. The van der Waals surface area contributed by atoms with E-state index in [2.05, 4.69) is 9.97 Å². The number of ether oxygens (including phenoxy) is 1. The summed E-state index contributed by atoms with van der Waals surface area (Å²) < 4.78 is 5.23. The van der Waals surface area contributed by atoms with Gasteiger partial charge in [-0.2, -0.15) is 10.5 Å². The van der Waals surface area contributed by atoms with E-state index in [4.69, 9.17) is 32.5 Å². The molecule has 2 rings (SSSR count). The van der Waals surface area contributed by atoms with E-state index in [0.717, 1.165) is 22.5 Å². The molecule has 0 fully saturated rings. The van der Waals surface area contributed by atoms with Crippen molar-refractivity contribution >= 4 is 30.0 Å². The van der Waals surface area contributed by atoms with Crippen LogP contribution in [0.5, 0.6) is 0 Å². The van der Waals surface area contributed by atoms with Gasteiger partial charge < -0.3 is 21.9 Å². The van der Waals surface area contributed by atoms with Gasteiger partial charge in [0.15, 0.2) is 0 Å². The van der Waals surface area contributed by atoms with Crippen LogP contribution in [0.25, 0.3) is 0 Å². The zero-order valence-electron chi connectivity index (χ0n) is 19.0. The number of nitrogen functional groups attached to an aromatic ring is 2. The van der Waals surface area contributed by atoms with Crippen LogP contribution in [-0.4, -0.2) is 21.5 Å². The number of halogens is 1. The molecule has 2 aromatic heterocycles. The molecule has 2 aromatic rings. The van der Waals surface area contributed by atoms with Gasteiger partial charge in [0, 0.05) is 24.4 Å². The number of anilines is 2. The minimum atomic E-state index is -0.483. The van der Waals surface area contributed by atoms with Crippen LogP contribution in [0.3, 0.4) is 0 Å². The summed E-state index contributed by atoms with van der Waals surface area (Å²) in [6, 6.07) is 7.30. The molecule has 0 unspecified atom stereocenters. The quantitative estimate of drug-likeness (QED) is 0.558. The first-order valence-electron chi connectivity index (χ1n) is 9.65. The van der Waals surface area contributed by atoms with Crippen LogP contribution in [0.1, 0.15) is 68.3 Å². The maximum absolute atomic E-state index is 11.6. The van der Waals surface area contributed by atoms with Gasteiger partial charge in [0.05, 0.1) is 11.1 Å². The Labute approximate surface area is 202 Å². The lowest BCUT2D eigenvalue weighted by Crippen LogP contribution is -2.24. The highest BCUT2D eigenvalue weighted by Gasteiger charge is 2.17. The second kappa shape index (κ2) is 13.9. The van der Waals surface area contributed by atoms with Gasteiger partial charge in [-0.1, -0.05) is 7.43 Å². The molecule has 0 aromatic carbocycles. The predicted octanol–water partition coefficient (Wildman–Crippen LogP) is 3.48. The van der Waals surface area contributed by atoms with Gasteiger partial charge in [-0.05, 0) is 64.3 Å². The van der Waals surface area contributed by atoms with Crippen molar-refractivity contribution in [3.05, 3.63) is 45.8 Å². The highest BCUT2D eigenvalue weighted by molar-refractivity contribution is 5.85. The fourth-order valence-electron chi connectivity index (χ4n) is 2.60. The molecule has 0 saturated carbocycles. The Bertz CT molecular complexity index is 1040. The lowest BCUT2D eigenvalue weighted by Gasteiger charge is -2.19. The zero-order valence-corrected chi connectivity index (χ0v) is 19.8. The third-order valence-corrected chi connectivity index (χ3v) is 4.17. The number of hydrogen-bond acceptors (Lipinski definition) is 9. The Morgan fingerprint density at radius 3 is 1.82 bits per heavy atom. The number of pyridine rings is 2. The molecule has 0 saturated heterocycles. The number of esters is 1. The molecule has 0 aliphatic heterocycles. The molecule has 0 bridgehead atoms. The summed E-state index contributed by atoms with van der Waals surface area (Å²) in [4.78, 5) is 19.7. The molecule has 2 heterocycles. The fraction of sp³-hybridized carbons (Fsp3) is 0.435. The first kappa shape index (κ1) is 31.8. The number of carbonyl (C=O) groups is 1. The van der Waals surface area contributed by atoms with E-state index < -0.39 is 5.60 Å². The number of nitrogens with two attached hydrogens (primary N) is 3. The third-order valence-electron chi connectivity index (χ3n) is 4.17. The summed E-state index contributed by atoms with van der Waals surface area (Å²) in [5.74, 6) is 0.232. The Morgan fingerprint density at radius 1 is 1.00 bits per heavy atom. The smallest absolute Gasteiger partial charge is 0.306 e. The monoisotopic (exact) mass is 475 g/mol. The van der Waals surface area contributed by atoms with Crippen LogP contribution >= 0.6 is 12.4 Å². The molecule has 0 spiro atoms. The second-order valence-corrected chi connectivity index (χ2v) is 7.85. The maximum Gasteiger partial charge on any atom is 0.306 e. The second-order valence-electron chi connectivity index (χ2n) is 7.85. The first-order chi connectivity index (χ1) is 14.4. The van der Waals surface area contributed by atoms with Gasteiger partial charge >= 0.3 is 5.97 Å². The van der Waals surface area contributed by atoms with Crippen molar-refractivity contribution in [3.8, 4) is 12.1 Å². The number of aromatic nitrogens is 2. The van der Waals surface area contributed by atoms with Crippen LogP contribution in [0.15, 0.2) is 12.1 Å². The Balaban J connectivity index is 0. The molecule has 10 heteroatoms. The van der Waals surface area contributed by atoms with Crippen LogP contribution < -0.4 is 17.2 Å². The minimum Gasteiger partial charge on any atom is -0.460 e. The van der Waals surface area contributed by atoms with Crippen molar-refractivity contribution in [1.29, 1.82) is 10.5 Å². The van der Waals surface area contributed by atoms with Gasteiger partial charge in [0.1, 0.15) is 29.4 Å². The van der Waals surface area contributed by atoms with Crippen molar-refractivity contribution in [2.24, 2.45) is 5.73 Å². The fourth-order valence-corrected chi connectivity index (χ4v) is 2.60. The van der Waals surface area contributed by atoms with Gasteiger partial charge in [0.25, 0.3) is 0 Å². The highest BCUT2D eigenvalue weighted by atomic mass is 35.5. The summed E-state index contributed by atoms with van der Waals surface area (Å²) in [5.41, 5.74) is 20.0. The number of hydrogen-bond donors (Lipinski definition) is 3. The van der Waals surface area contributed by atoms with Crippen LogP contribution in [0, 0.1) is 36.5 Å². The number of nitriles is 2. The zero-order chi connectivity index (χ0) is 23.8.